The first-order chi connectivity index (χ1) is 9.04. The van der Waals surface area contributed by atoms with Gasteiger partial charge in [0.05, 0.1) is 12.8 Å². The highest BCUT2D eigenvalue weighted by Gasteiger charge is 2.20. The van der Waals surface area contributed by atoms with Crippen molar-refractivity contribution in [2.24, 2.45) is 0 Å². The summed E-state index contributed by atoms with van der Waals surface area (Å²) in [4.78, 5) is 3.85. The average Bonchev–Trinajstić information content (AvgIpc) is 2.41. The van der Waals surface area contributed by atoms with Crippen molar-refractivity contribution >= 4 is 27.3 Å². The third kappa shape index (κ3) is 2.97. The van der Waals surface area contributed by atoms with Crippen LogP contribution in [0.3, 0.4) is 0 Å². The molecule has 0 aliphatic rings. The molecule has 0 fully saturated rings. The van der Waals surface area contributed by atoms with Crippen molar-refractivity contribution in [1.82, 2.24) is 4.98 Å². The number of ether oxygens (including phenoxy) is 1. The molecule has 1 aromatic carbocycles. The Balaban J connectivity index is 2.41. The Morgan fingerprint density at radius 2 is 1.95 bits per heavy atom. The second-order valence-electron chi connectivity index (χ2n) is 3.60. The maximum atomic E-state index is 12.3. The Labute approximate surface area is 116 Å². The molecule has 1 N–H and O–H groups in total. The number of aromatic nitrogens is 1. The molecule has 1 heterocycles. The number of pyridine rings is 1. The van der Waals surface area contributed by atoms with Crippen LogP contribution in [0.5, 0.6) is 5.75 Å². The van der Waals surface area contributed by atoms with Crippen LogP contribution in [0.1, 0.15) is 0 Å². The van der Waals surface area contributed by atoms with Gasteiger partial charge in [-0.05, 0) is 24.3 Å². The monoisotopic (exact) mass is 298 g/mol. The third-order valence-corrected chi connectivity index (χ3v) is 4.07. The van der Waals surface area contributed by atoms with Gasteiger partial charge in [0.2, 0.25) is 0 Å². The summed E-state index contributed by atoms with van der Waals surface area (Å²) in [7, 11) is -2.37. The highest BCUT2D eigenvalue weighted by Crippen LogP contribution is 2.27. The van der Waals surface area contributed by atoms with Gasteiger partial charge in [0.1, 0.15) is 10.6 Å². The Hall–Kier alpha value is -1.79. The van der Waals surface area contributed by atoms with Gasteiger partial charge in [0, 0.05) is 6.20 Å². The molecule has 0 atom stereocenters. The standard InChI is InChI=1S/C12H11ClN2O3S/c1-18-10-6-2-3-7-11(10)19(16,17)15-9-5-4-8-14-12(9)13/h2-8,15H,1H3. The van der Waals surface area contributed by atoms with Crippen molar-refractivity contribution in [2.45, 2.75) is 4.90 Å². The van der Waals surface area contributed by atoms with E-state index in [1.807, 2.05) is 0 Å². The van der Waals surface area contributed by atoms with E-state index in [2.05, 4.69) is 9.71 Å². The molecule has 0 saturated carbocycles. The van der Waals surface area contributed by atoms with Crippen LogP contribution in [-0.4, -0.2) is 20.5 Å². The number of nitrogens with one attached hydrogen (secondary N) is 1. The Morgan fingerprint density at radius 1 is 1.21 bits per heavy atom. The fraction of sp³-hybridized carbons (Fsp3) is 0.0833. The lowest BCUT2D eigenvalue weighted by atomic mass is 10.3. The molecule has 0 saturated heterocycles. The summed E-state index contributed by atoms with van der Waals surface area (Å²) in [5, 5.41) is 0.0842. The quantitative estimate of drug-likeness (QED) is 0.881. The largest absolute Gasteiger partial charge is 0.495 e. The van der Waals surface area contributed by atoms with E-state index in [0.717, 1.165) is 0 Å². The molecule has 0 aliphatic heterocycles. The van der Waals surface area contributed by atoms with E-state index in [-0.39, 0.29) is 21.5 Å². The number of anilines is 1. The van der Waals surface area contributed by atoms with Gasteiger partial charge in [-0.15, -0.1) is 0 Å². The highest BCUT2D eigenvalue weighted by atomic mass is 35.5. The molecule has 2 aromatic rings. The topological polar surface area (TPSA) is 68.3 Å². The van der Waals surface area contributed by atoms with Crippen molar-refractivity contribution < 1.29 is 13.2 Å². The predicted octanol–water partition coefficient (Wildman–Crippen LogP) is 2.54. The Bertz CT molecular complexity index is 689. The molecule has 5 nitrogen and oxygen atoms in total. The number of sulfonamides is 1. The Kier molecular flexibility index (Phi) is 3.92. The predicted molar refractivity (Wildman–Crippen MR) is 73.0 cm³/mol. The molecule has 0 radical (unpaired) electrons. The summed E-state index contributed by atoms with van der Waals surface area (Å²) >= 11 is 5.82. The first-order valence-electron chi connectivity index (χ1n) is 5.31. The molecule has 19 heavy (non-hydrogen) atoms. The third-order valence-electron chi connectivity index (χ3n) is 2.36. The highest BCUT2D eigenvalue weighted by molar-refractivity contribution is 7.92. The van der Waals surface area contributed by atoms with Gasteiger partial charge in [-0.2, -0.15) is 0 Å². The smallest absolute Gasteiger partial charge is 0.265 e. The minimum atomic E-state index is -3.78. The van der Waals surface area contributed by atoms with E-state index in [0.29, 0.717) is 0 Å². The number of para-hydroxylation sites is 1. The SMILES string of the molecule is COc1ccccc1S(=O)(=O)Nc1cccnc1Cl. The van der Waals surface area contributed by atoms with Crippen molar-refractivity contribution in [1.29, 1.82) is 0 Å². The number of nitrogens with zero attached hydrogens (tertiary/aromatic N) is 1. The van der Waals surface area contributed by atoms with Crippen LogP contribution in [-0.2, 0) is 10.0 Å². The van der Waals surface area contributed by atoms with E-state index in [4.69, 9.17) is 16.3 Å². The number of hydrogen-bond donors (Lipinski definition) is 1. The van der Waals surface area contributed by atoms with Gasteiger partial charge >= 0.3 is 0 Å². The summed E-state index contributed by atoms with van der Waals surface area (Å²) < 4.78 is 31.9. The van der Waals surface area contributed by atoms with Crippen LogP contribution in [0.2, 0.25) is 5.15 Å². The lowest BCUT2D eigenvalue weighted by Crippen LogP contribution is -2.14. The molecule has 0 aliphatic carbocycles. The fourth-order valence-electron chi connectivity index (χ4n) is 1.50. The maximum Gasteiger partial charge on any atom is 0.265 e. The fourth-order valence-corrected chi connectivity index (χ4v) is 2.96. The van der Waals surface area contributed by atoms with Crippen molar-refractivity contribution in [3.63, 3.8) is 0 Å². The van der Waals surface area contributed by atoms with Crippen LogP contribution >= 0.6 is 11.6 Å². The van der Waals surface area contributed by atoms with Gasteiger partial charge in [0.25, 0.3) is 10.0 Å². The number of halogens is 1. The first-order valence-corrected chi connectivity index (χ1v) is 7.17. The van der Waals surface area contributed by atoms with E-state index in [9.17, 15) is 8.42 Å². The molecule has 0 amide bonds. The number of benzene rings is 1. The van der Waals surface area contributed by atoms with Gasteiger partial charge in [0.15, 0.2) is 5.15 Å². The first kappa shape index (κ1) is 13.6. The van der Waals surface area contributed by atoms with Gasteiger partial charge in [-0.25, -0.2) is 13.4 Å². The molecule has 0 bridgehead atoms. The van der Waals surface area contributed by atoms with E-state index in [1.54, 1.807) is 24.3 Å². The zero-order chi connectivity index (χ0) is 13.9. The van der Waals surface area contributed by atoms with Crippen LogP contribution in [0.25, 0.3) is 0 Å². The molecule has 100 valence electrons. The minimum absolute atomic E-state index is 0.0393. The maximum absolute atomic E-state index is 12.3. The van der Waals surface area contributed by atoms with Crippen molar-refractivity contribution in [2.75, 3.05) is 11.8 Å². The molecule has 0 spiro atoms. The van der Waals surface area contributed by atoms with Crippen LogP contribution < -0.4 is 9.46 Å². The summed E-state index contributed by atoms with van der Waals surface area (Å²) in [5.74, 6) is 0.259. The molecular weight excluding hydrogens is 288 g/mol. The summed E-state index contributed by atoms with van der Waals surface area (Å²) in [6, 6.07) is 9.44. The van der Waals surface area contributed by atoms with E-state index >= 15 is 0 Å². The molecular formula is C12H11ClN2O3S. The summed E-state index contributed by atoms with van der Waals surface area (Å²) in [6.07, 6.45) is 1.48. The van der Waals surface area contributed by atoms with E-state index < -0.39 is 10.0 Å². The lowest BCUT2D eigenvalue weighted by Gasteiger charge is -2.11. The zero-order valence-corrected chi connectivity index (χ0v) is 11.6. The van der Waals surface area contributed by atoms with Gasteiger partial charge in [-0.1, -0.05) is 23.7 Å². The van der Waals surface area contributed by atoms with Gasteiger partial charge in [-0.3, -0.25) is 4.72 Å². The van der Waals surface area contributed by atoms with Crippen LogP contribution in [0.4, 0.5) is 5.69 Å². The van der Waals surface area contributed by atoms with Crippen molar-refractivity contribution in [3.8, 4) is 5.75 Å². The second-order valence-corrected chi connectivity index (χ2v) is 5.61. The van der Waals surface area contributed by atoms with Crippen LogP contribution in [0.15, 0.2) is 47.5 Å². The van der Waals surface area contributed by atoms with E-state index in [1.165, 1.54) is 25.4 Å². The number of rotatable bonds is 4. The molecule has 1 aromatic heterocycles. The minimum Gasteiger partial charge on any atom is -0.495 e. The number of methoxy groups -OCH3 is 1. The summed E-state index contributed by atoms with van der Waals surface area (Å²) in [5.41, 5.74) is 0.218. The normalized spacial score (nSPS) is 11.1. The zero-order valence-electron chi connectivity index (χ0n) is 10.00. The van der Waals surface area contributed by atoms with Crippen LogP contribution in [0, 0.1) is 0 Å². The average molecular weight is 299 g/mol. The second kappa shape index (κ2) is 5.46. The molecule has 7 heteroatoms. The lowest BCUT2D eigenvalue weighted by molar-refractivity contribution is 0.403. The summed E-state index contributed by atoms with van der Waals surface area (Å²) in [6.45, 7) is 0. The molecule has 0 unspecified atom stereocenters. The number of hydrogen-bond acceptors (Lipinski definition) is 4. The Morgan fingerprint density at radius 3 is 2.63 bits per heavy atom. The van der Waals surface area contributed by atoms with Crippen molar-refractivity contribution in [3.05, 3.63) is 47.7 Å². The van der Waals surface area contributed by atoms with Gasteiger partial charge < -0.3 is 4.74 Å². The molecule has 2 rings (SSSR count).